The van der Waals surface area contributed by atoms with Crippen molar-refractivity contribution in [2.24, 2.45) is 7.05 Å². The van der Waals surface area contributed by atoms with Gasteiger partial charge in [-0.05, 0) is 12.1 Å². The van der Waals surface area contributed by atoms with E-state index in [1.54, 1.807) is 10.7 Å². The van der Waals surface area contributed by atoms with Gasteiger partial charge < -0.3 is 10.3 Å². The van der Waals surface area contributed by atoms with Crippen molar-refractivity contribution in [2.75, 3.05) is 6.54 Å². The van der Waals surface area contributed by atoms with E-state index >= 15 is 0 Å². The summed E-state index contributed by atoms with van der Waals surface area (Å²) >= 11 is 0. The molecule has 0 aromatic carbocycles. The highest BCUT2D eigenvalue weighted by molar-refractivity contribution is 5.93. The minimum absolute atomic E-state index is 0.253. The van der Waals surface area contributed by atoms with Crippen molar-refractivity contribution in [1.82, 2.24) is 20.1 Å². The summed E-state index contributed by atoms with van der Waals surface area (Å²) in [5.74, 6) is -0.253. The molecule has 6 nitrogen and oxygen atoms in total. The number of nitrogens with zero attached hydrogens (tertiary/aromatic N) is 2. The van der Waals surface area contributed by atoms with E-state index in [1.165, 1.54) is 12.3 Å². The largest absolute Gasteiger partial charge is 0.352 e. The molecule has 0 bridgehead atoms. The highest BCUT2D eigenvalue weighted by Gasteiger charge is 2.05. The molecular formula is C12H14N4O2. The fraction of sp³-hybridized carbons (Fsp3) is 0.250. The number of rotatable bonds is 4. The van der Waals surface area contributed by atoms with Crippen molar-refractivity contribution >= 4 is 5.91 Å². The van der Waals surface area contributed by atoms with E-state index in [-0.39, 0.29) is 11.5 Å². The molecule has 0 spiro atoms. The maximum absolute atomic E-state index is 11.7. The van der Waals surface area contributed by atoms with Gasteiger partial charge in [0.05, 0.1) is 5.69 Å². The fourth-order valence-electron chi connectivity index (χ4n) is 1.59. The van der Waals surface area contributed by atoms with Crippen molar-refractivity contribution < 1.29 is 4.79 Å². The summed E-state index contributed by atoms with van der Waals surface area (Å²) in [7, 11) is 1.85. The van der Waals surface area contributed by atoms with Gasteiger partial charge in [0.25, 0.3) is 5.91 Å². The molecule has 0 saturated heterocycles. The third-order valence-corrected chi connectivity index (χ3v) is 2.47. The Morgan fingerprint density at radius 2 is 2.33 bits per heavy atom. The molecule has 0 aliphatic carbocycles. The SMILES string of the molecule is Cn1ccc(CCNC(=O)c2cc[nH]c(=O)c2)n1. The van der Waals surface area contributed by atoms with Gasteiger partial charge in [-0.25, -0.2) is 0 Å². The molecule has 94 valence electrons. The van der Waals surface area contributed by atoms with Gasteiger partial charge in [-0.15, -0.1) is 0 Å². The number of aromatic amines is 1. The van der Waals surface area contributed by atoms with Crippen LogP contribution in [0.1, 0.15) is 16.1 Å². The first-order chi connectivity index (χ1) is 8.65. The minimum Gasteiger partial charge on any atom is -0.352 e. The number of amides is 1. The molecule has 0 aliphatic rings. The summed E-state index contributed by atoms with van der Waals surface area (Å²) in [4.78, 5) is 25.2. The number of aryl methyl sites for hydroxylation is 1. The molecule has 0 saturated carbocycles. The topological polar surface area (TPSA) is 79.8 Å². The number of carbonyl (C=O) groups is 1. The lowest BCUT2D eigenvalue weighted by Gasteiger charge is -2.03. The Labute approximate surface area is 104 Å². The average Bonchev–Trinajstić information content (AvgIpc) is 2.75. The van der Waals surface area contributed by atoms with Crippen LogP contribution >= 0.6 is 0 Å². The van der Waals surface area contributed by atoms with Crippen LogP contribution in [0.15, 0.2) is 35.4 Å². The van der Waals surface area contributed by atoms with E-state index in [2.05, 4.69) is 15.4 Å². The van der Waals surface area contributed by atoms with E-state index in [0.29, 0.717) is 18.5 Å². The molecule has 0 atom stereocenters. The van der Waals surface area contributed by atoms with Gasteiger partial charge in [0.1, 0.15) is 0 Å². The number of carbonyl (C=O) groups excluding carboxylic acids is 1. The summed E-state index contributed by atoms with van der Waals surface area (Å²) in [5, 5.41) is 6.95. The van der Waals surface area contributed by atoms with Crippen molar-refractivity contribution in [1.29, 1.82) is 0 Å². The van der Waals surface area contributed by atoms with E-state index in [0.717, 1.165) is 5.69 Å². The zero-order valence-electron chi connectivity index (χ0n) is 10.0. The number of hydrogen-bond donors (Lipinski definition) is 2. The van der Waals surface area contributed by atoms with E-state index < -0.39 is 0 Å². The van der Waals surface area contributed by atoms with Crippen LogP contribution in [0.2, 0.25) is 0 Å². The van der Waals surface area contributed by atoms with E-state index in [9.17, 15) is 9.59 Å². The predicted octanol–water partition coefficient (Wildman–Crippen LogP) is 0.0809. The Balaban J connectivity index is 1.87. The predicted molar refractivity (Wildman–Crippen MR) is 66.3 cm³/mol. The molecule has 18 heavy (non-hydrogen) atoms. The maximum Gasteiger partial charge on any atom is 0.251 e. The summed E-state index contributed by atoms with van der Waals surface area (Å²) in [6.45, 7) is 0.489. The second-order valence-electron chi connectivity index (χ2n) is 3.93. The molecular weight excluding hydrogens is 232 g/mol. The summed E-state index contributed by atoms with van der Waals surface area (Å²) in [5.41, 5.74) is 0.996. The molecule has 0 radical (unpaired) electrons. The van der Waals surface area contributed by atoms with Crippen LogP contribution < -0.4 is 10.9 Å². The molecule has 2 aromatic rings. The zero-order valence-corrected chi connectivity index (χ0v) is 10.0. The molecule has 0 aliphatic heterocycles. The van der Waals surface area contributed by atoms with Gasteiger partial charge in [0.15, 0.2) is 0 Å². The lowest BCUT2D eigenvalue weighted by atomic mass is 10.2. The lowest BCUT2D eigenvalue weighted by molar-refractivity contribution is 0.0954. The Morgan fingerprint density at radius 1 is 1.50 bits per heavy atom. The highest BCUT2D eigenvalue weighted by atomic mass is 16.2. The molecule has 1 amide bonds. The third-order valence-electron chi connectivity index (χ3n) is 2.47. The number of nitrogens with one attached hydrogen (secondary N) is 2. The van der Waals surface area contributed by atoms with Gasteiger partial charge in [-0.1, -0.05) is 0 Å². The third kappa shape index (κ3) is 3.07. The standard InChI is InChI=1S/C12H14N4O2/c1-16-7-4-10(15-16)3-6-14-12(18)9-2-5-13-11(17)8-9/h2,4-5,7-8H,3,6H2,1H3,(H,13,17)(H,14,18). The Kier molecular flexibility index (Phi) is 3.57. The van der Waals surface area contributed by atoms with Crippen LogP contribution in [0, 0.1) is 0 Å². The quantitative estimate of drug-likeness (QED) is 0.801. The van der Waals surface area contributed by atoms with Crippen molar-refractivity contribution in [3.8, 4) is 0 Å². The van der Waals surface area contributed by atoms with Crippen LogP contribution in [0.5, 0.6) is 0 Å². The van der Waals surface area contributed by atoms with Crippen molar-refractivity contribution in [2.45, 2.75) is 6.42 Å². The van der Waals surface area contributed by atoms with Gasteiger partial charge in [-0.2, -0.15) is 5.10 Å². The number of aromatic nitrogens is 3. The summed E-state index contributed by atoms with van der Waals surface area (Å²) in [6, 6.07) is 4.74. The molecule has 2 heterocycles. The Bertz CT molecular complexity index is 600. The number of H-pyrrole nitrogens is 1. The fourth-order valence-corrected chi connectivity index (χ4v) is 1.59. The number of hydrogen-bond acceptors (Lipinski definition) is 3. The van der Waals surface area contributed by atoms with Gasteiger partial charge in [-0.3, -0.25) is 14.3 Å². The van der Waals surface area contributed by atoms with Crippen molar-refractivity contribution in [3.05, 3.63) is 52.2 Å². The van der Waals surface area contributed by atoms with E-state index in [4.69, 9.17) is 0 Å². The Morgan fingerprint density at radius 3 is 3.00 bits per heavy atom. The average molecular weight is 246 g/mol. The minimum atomic E-state index is -0.285. The smallest absolute Gasteiger partial charge is 0.251 e. The van der Waals surface area contributed by atoms with Crippen LogP contribution in [-0.4, -0.2) is 27.2 Å². The monoisotopic (exact) mass is 246 g/mol. The van der Waals surface area contributed by atoms with Gasteiger partial charge >= 0.3 is 0 Å². The number of pyridine rings is 1. The summed E-state index contributed by atoms with van der Waals surface area (Å²) < 4.78 is 1.72. The van der Waals surface area contributed by atoms with Crippen molar-refractivity contribution in [3.63, 3.8) is 0 Å². The molecule has 0 unspecified atom stereocenters. The van der Waals surface area contributed by atoms with Gasteiger partial charge in [0.2, 0.25) is 5.56 Å². The van der Waals surface area contributed by atoms with E-state index in [1.807, 2.05) is 19.3 Å². The molecule has 0 fully saturated rings. The highest BCUT2D eigenvalue weighted by Crippen LogP contribution is 1.96. The molecule has 2 rings (SSSR count). The second-order valence-corrected chi connectivity index (χ2v) is 3.93. The van der Waals surface area contributed by atoms with Crippen LogP contribution in [0.3, 0.4) is 0 Å². The zero-order chi connectivity index (χ0) is 13.0. The molecule has 2 aromatic heterocycles. The second kappa shape index (κ2) is 5.31. The van der Waals surface area contributed by atoms with Crippen LogP contribution in [-0.2, 0) is 13.5 Å². The molecule has 6 heteroatoms. The normalized spacial score (nSPS) is 10.3. The summed E-state index contributed by atoms with van der Waals surface area (Å²) in [6.07, 6.45) is 3.97. The maximum atomic E-state index is 11.7. The molecule has 2 N–H and O–H groups in total. The van der Waals surface area contributed by atoms with Gasteiger partial charge in [0, 0.05) is 44.0 Å². The first-order valence-corrected chi connectivity index (χ1v) is 5.60. The lowest BCUT2D eigenvalue weighted by Crippen LogP contribution is -2.26. The van der Waals surface area contributed by atoms with Crippen LogP contribution in [0.25, 0.3) is 0 Å². The first kappa shape index (κ1) is 12.1. The first-order valence-electron chi connectivity index (χ1n) is 5.60. The Hall–Kier alpha value is -2.37. The van der Waals surface area contributed by atoms with Crippen LogP contribution in [0.4, 0.5) is 0 Å².